The van der Waals surface area contributed by atoms with E-state index in [9.17, 15) is 14.8 Å². The molecule has 16 heavy (non-hydrogen) atoms. The molecule has 0 saturated heterocycles. The molecule has 0 unspecified atom stereocenters. The molecule has 0 aliphatic carbocycles. The first-order valence-electron chi connectivity index (χ1n) is 4.54. The van der Waals surface area contributed by atoms with E-state index in [1.807, 2.05) is 0 Å². The van der Waals surface area contributed by atoms with Crippen molar-refractivity contribution in [1.82, 2.24) is 4.98 Å². The standard InChI is InChI=1S/C10H10N2O4/c13-8(9(12-16)10(14)15)5-4-7-3-1-2-6-11-7/h1-3,6,13H,4-5H2,(H,14,15). The van der Waals surface area contributed by atoms with Crippen molar-refractivity contribution in [2.75, 3.05) is 0 Å². The fourth-order valence-corrected chi connectivity index (χ4v) is 1.13. The van der Waals surface area contributed by atoms with Crippen molar-refractivity contribution >= 4 is 5.97 Å². The molecular formula is C10H10N2O4. The Bertz CT molecular complexity index is 414. The number of aliphatic carboxylic acids is 1. The third-order valence-electron chi connectivity index (χ3n) is 1.91. The van der Waals surface area contributed by atoms with Crippen LogP contribution in [0.15, 0.2) is 41.0 Å². The monoisotopic (exact) mass is 222 g/mol. The van der Waals surface area contributed by atoms with Gasteiger partial charge in [-0.25, -0.2) is 4.79 Å². The van der Waals surface area contributed by atoms with Gasteiger partial charge in [-0.1, -0.05) is 6.07 Å². The summed E-state index contributed by atoms with van der Waals surface area (Å²) in [6.07, 6.45) is 1.95. The first-order valence-corrected chi connectivity index (χ1v) is 4.54. The summed E-state index contributed by atoms with van der Waals surface area (Å²) in [5.41, 5.74) is -0.152. The lowest BCUT2D eigenvalue weighted by Crippen LogP contribution is -2.03. The van der Waals surface area contributed by atoms with Gasteiger partial charge in [-0.2, -0.15) is 0 Å². The molecule has 0 saturated carbocycles. The molecule has 0 radical (unpaired) electrons. The van der Waals surface area contributed by atoms with Gasteiger partial charge < -0.3 is 10.2 Å². The summed E-state index contributed by atoms with van der Waals surface area (Å²) in [5, 5.41) is 20.1. The molecule has 1 rings (SSSR count). The Morgan fingerprint density at radius 1 is 1.38 bits per heavy atom. The van der Waals surface area contributed by atoms with Gasteiger partial charge in [-0.05, 0) is 23.7 Å². The minimum atomic E-state index is -1.53. The van der Waals surface area contributed by atoms with E-state index in [-0.39, 0.29) is 6.42 Å². The van der Waals surface area contributed by atoms with E-state index >= 15 is 0 Å². The van der Waals surface area contributed by atoms with Crippen molar-refractivity contribution in [1.29, 1.82) is 0 Å². The van der Waals surface area contributed by atoms with Crippen molar-refractivity contribution < 1.29 is 15.0 Å². The van der Waals surface area contributed by atoms with Crippen molar-refractivity contribution in [3.05, 3.63) is 46.5 Å². The zero-order chi connectivity index (χ0) is 12.0. The lowest BCUT2D eigenvalue weighted by atomic mass is 10.2. The Morgan fingerprint density at radius 3 is 2.62 bits per heavy atom. The van der Waals surface area contributed by atoms with Gasteiger partial charge in [0.25, 0.3) is 0 Å². The van der Waals surface area contributed by atoms with E-state index in [2.05, 4.69) is 10.2 Å². The van der Waals surface area contributed by atoms with E-state index in [1.54, 1.807) is 24.4 Å². The average molecular weight is 222 g/mol. The number of rotatable bonds is 5. The Kier molecular flexibility index (Phi) is 4.14. The molecule has 2 N–H and O–H groups in total. The molecular weight excluding hydrogens is 212 g/mol. The topological polar surface area (TPSA) is 99.9 Å². The van der Waals surface area contributed by atoms with Crippen LogP contribution in [-0.2, 0) is 11.2 Å². The summed E-state index contributed by atoms with van der Waals surface area (Å²) in [7, 11) is 0. The number of aliphatic hydroxyl groups excluding tert-OH is 1. The van der Waals surface area contributed by atoms with Crippen LogP contribution >= 0.6 is 0 Å². The largest absolute Gasteiger partial charge is 0.510 e. The lowest BCUT2D eigenvalue weighted by molar-refractivity contribution is -0.132. The lowest BCUT2D eigenvalue weighted by Gasteiger charge is -2.00. The van der Waals surface area contributed by atoms with Gasteiger partial charge in [0.05, 0.1) is 0 Å². The number of allylic oxidation sites excluding steroid dienone is 1. The molecule has 0 aromatic carbocycles. The zero-order valence-electron chi connectivity index (χ0n) is 8.33. The first kappa shape index (κ1) is 11.8. The van der Waals surface area contributed by atoms with Crippen LogP contribution in [0, 0.1) is 4.91 Å². The third kappa shape index (κ3) is 3.16. The highest BCUT2D eigenvalue weighted by atomic mass is 16.4. The average Bonchev–Trinajstić information content (AvgIpc) is 2.28. The van der Waals surface area contributed by atoms with Gasteiger partial charge >= 0.3 is 5.97 Å². The number of pyridine rings is 1. The van der Waals surface area contributed by atoms with Crippen LogP contribution in [0.2, 0.25) is 0 Å². The molecule has 0 atom stereocenters. The summed E-state index contributed by atoms with van der Waals surface area (Å²) < 4.78 is 0. The van der Waals surface area contributed by atoms with Crippen molar-refractivity contribution in [2.45, 2.75) is 12.8 Å². The highest BCUT2D eigenvalue weighted by Crippen LogP contribution is 2.10. The molecule has 0 fully saturated rings. The Balaban J connectivity index is 2.68. The van der Waals surface area contributed by atoms with Crippen LogP contribution in [-0.4, -0.2) is 21.2 Å². The van der Waals surface area contributed by atoms with Crippen LogP contribution in [0.3, 0.4) is 0 Å². The first-order chi connectivity index (χ1) is 7.65. The molecule has 1 aromatic heterocycles. The number of hydrogen-bond donors (Lipinski definition) is 2. The summed E-state index contributed by atoms with van der Waals surface area (Å²) >= 11 is 0. The highest BCUT2D eigenvalue weighted by molar-refractivity contribution is 5.86. The number of nitrogens with zero attached hydrogens (tertiary/aromatic N) is 2. The van der Waals surface area contributed by atoms with E-state index < -0.39 is 17.4 Å². The second-order valence-electron chi connectivity index (χ2n) is 3.01. The fourth-order valence-electron chi connectivity index (χ4n) is 1.13. The number of carboxylic acids is 1. The number of carboxylic acid groups (broad SMARTS) is 1. The Hall–Kier alpha value is -2.24. The summed E-state index contributed by atoms with van der Waals surface area (Å²) in [6.45, 7) is 0. The van der Waals surface area contributed by atoms with Crippen LogP contribution in [0.1, 0.15) is 12.1 Å². The molecule has 0 bridgehead atoms. The van der Waals surface area contributed by atoms with Crippen LogP contribution in [0.25, 0.3) is 0 Å². The summed E-state index contributed by atoms with van der Waals surface area (Å²) in [5.74, 6) is -2.07. The molecule has 0 spiro atoms. The maximum atomic E-state index is 10.5. The van der Waals surface area contributed by atoms with Crippen molar-refractivity contribution in [3.63, 3.8) is 0 Å². The predicted molar refractivity (Wildman–Crippen MR) is 55.6 cm³/mol. The summed E-state index contributed by atoms with van der Waals surface area (Å²) in [6, 6.07) is 5.26. The van der Waals surface area contributed by atoms with Gasteiger partial charge in [0, 0.05) is 18.3 Å². The third-order valence-corrected chi connectivity index (χ3v) is 1.91. The number of carbonyl (C=O) groups is 1. The molecule has 0 amide bonds. The molecule has 84 valence electrons. The van der Waals surface area contributed by atoms with Gasteiger partial charge in [0.1, 0.15) is 5.76 Å². The molecule has 6 nitrogen and oxygen atoms in total. The Morgan fingerprint density at radius 2 is 2.12 bits per heavy atom. The number of aryl methyl sites for hydroxylation is 1. The molecule has 0 aliphatic heterocycles. The van der Waals surface area contributed by atoms with E-state index in [4.69, 9.17) is 5.11 Å². The zero-order valence-corrected chi connectivity index (χ0v) is 8.33. The second kappa shape index (κ2) is 5.59. The SMILES string of the molecule is O=NC(C(=O)O)=C(O)CCc1ccccn1. The van der Waals surface area contributed by atoms with E-state index in [0.29, 0.717) is 12.1 Å². The number of hydrogen-bond acceptors (Lipinski definition) is 5. The highest BCUT2D eigenvalue weighted by Gasteiger charge is 2.14. The Labute approximate surface area is 91.2 Å². The van der Waals surface area contributed by atoms with Gasteiger partial charge in [0.2, 0.25) is 5.70 Å². The van der Waals surface area contributed by atoms with Gasteiger partial charge in [-0.3, -0.25) is 4.98 Å². The van der Waals surface area contributed by atoms with E-state index in [1.165, 1.54) is 0 Å². The molecule has 6 heteroatoms. The molecule has 1 aromatic rings. The second-order valence-corrected chi connectivity index (χ2v) is 3.01. The van der Waals surface area contributed by atoms with Gasteiger partial charge in [0.15, 0.2) is 0 Å². The van der Waals surface area contributed by atoms with Crippen LogP contribution in [0.5, 0.6) is 0 Å². The maximum Gasteiger partial charge on any atom is 0.361 e. The minimum Gasteiger partial charge on any atom is -0.510 e. The summed E-state index contributed by atoms with van der Waals surface area (Å²) in [4.78, 5) is 24.6. The number of aliphatic hydroxyl groups is 1. The normalized spacial score (nSPS) is 11.8. The minimum absolute atomic E-state index is 0.0182. The fraction of sp³-hybridized carbons (Fsp3) is 0.200. The number of aromatic nitrogens is 1. The number of nitroso groups, excluding NO2 is 1. The quantitative estimate of drug-likeness (QED) is 0.448. The van der Waals surface area contributed by atoms with Crippen LogP contribution in [0.4, 0.5) is 0 Å². The molecule has 1 heterocycles. The maximum absolute atomic E-state index is 10.5. The smallest absolute Gasteiger partial charge is 0.361 e. The van der Waals surface area contributed by atoms with Crippen molar-refractivity contribution in [2.24, 2.45) is 5.18 Å². The molecule has 0 aliphatic rings. The van der Waals surface area contributed by atoms with Crippen molar-refractivity contribution in [3.8, 4) is 0 Å². The van der Waals surface area contributed by atoms with E-state index in [0.717, 1.165) is 0 Å². The predicted octanol–water partition coefficient (Wildman–Crippen LogP) is 1.63. The van der Waals surface area contributed by atoms with Gasteiger partial charge in [-0.15, -0.1) is 4.91 Å². The van der Waals surface area contributed by atoms with Crippen LogP contribution < -0.4 is 0 Å².